The molecule has 25 nitrogen and oxygen atoms in total. The number of aromatic nitrogens is 2. The van der Waals surface area contributed by atoms with Gasteiger partial charge in [0.2, 0.25) is 28.9 Å². The standard InChI is InChI=1S/C39H42BrN2O6Si.C39H42FN2O6Si.C25H22FN2O7.3Y/c2*1-21-27-19-26(40)15-14-23(27)16-24-17-25-18-28-32(42(5)6)34-31(37(41-47-34)46-20-22-12-10-9-11-13-22)36(45)39(28,48-49(7,8)38(2,3)4)35(44)30(25)33(43)29(21)24;1-28(2)18-14-7-11-6-10-5-9-3-4-12(26)8-13(9)19(29)15(10)20(30)16(11)22(32)25(14,35)23(33)17(21(18)31)24(27)34;;;/h2*9-15,19,25,28,32,43H,17-18,20H2,1-8H3;3-4,8,11,14,18,29-30,33,35H,6-7H2,1-2H3,(H2,27,34);;;/q3*-1;;;/t2*25-,28-,32-,39-;11-,14-,18-,25-;;;/m000.../s1. The van der Waals surface area contributed by atoms with Crippen molar-refractivity contribution < 1.29 is 198 Å². The molecule has 9 aliphatic carbocycles. The van der Waals surface area contributed by atoms with Crippen molar-refractivity contribution >= 4 is 123 Å². The van der Waals surface area contributed by atoms with Crippen LogP contribution in [0.2, 0.25) is 36.3 Å². The molecule has 2 aromatic heterocycles. The van der Waals surface area contributed by atoms with Gasteiger partial charge in [-0.3, -0.25) is 48.3 Å². The summed E-state index contributed by atoms with van der Waals surface area (Å²) in [6, 6.07) is 41.1. The molecule has 3 fully saturated rings. The minimum Gasteiger partial charge on any atom is -0.526 e. The largest absolute Gasteiger partial charge is 0.526 e. The Hall–Kier alpha value is -8.14. The summed E-state index contributed by atoms with van der Waals surface area (Å²) in [5.74, 6) is -12.0. The molecule has 0 saturated heterocycles. The zero-order valence-electron chi connectivity index (χ0n) is 79.0. The summed E-state index contributed by atoms with van der Waals surface area (Å²) in [5, 5.41) is 80.2. The van der Waals surface area contributed by atoms with E-state index in [1.165, 1.54) is 43.3 Å². The van der Waals surface area contributed by atoms with Crippen LogP contribution in [-0.4, -0.2) is 178 Å². The first kappa shape index (κ1) is 104. The monoisotopic (exact) mass is 2170 g/mol. The van der Waals surface area contributed by atoms with Gasteiger partial charge in [-0.25, -0.2) is 8.78 Å². The molecule has 3 saturated carbocycles. The third kappa shape index (κ3) is 16.7. The maximum atomic E-state index is 15.5. The molecule has 33 heteroatoms. The van der Waals surface area contributed by atoms with E-state index in [9.17, 15) is 53.8 Å². The van der Waals surface area contributed by atoms with Crippen LogP contribution in [0, 0.1) is 79.2 Å². The topological polar surface area (TPSA) is 366 Å². The molecular formula is C103H106BrF2N6O19Si2Y3-3. The Morgan fingerprint density at radius 1 is 0.507 bits per heavy atom. The number of benzene rings is 8. The third-order valence-corrected chi connectivity index (χ3v) is 39.2. The number of likely N-dealkylation sites (N-methyl/N-ethyl adjacent to an activating group) is 1. The number of ether oxygens (including phenoxy) is 2. The number of Topliss-reactive ketones (excluding diaryl/α,β-unsaturated/α-hetero) is 6. The van der Waals surface area contributed by atoms with Crippen LogP contribution in [0.5, 0.6) is 17.5 Å². The molecule has 1 amide bonds. The molecule has 2 heterocycles. The van der Waals surface area contributed by atoms with E-state index in [0.29, 0.717) is 70.2 Å². The fourth-order valence-corrected chi connectivity index (χ4v) is 24.8. The number of carbonyl (C=O) groups is 7. The first-order valence-corrected chi connectivity index (χ1v) is 51.0. The van der Waals surface area contributed by atoms with Crippen molar-refractivity contribution in [1.29, 1.82) is 0 Å². The smallest absolute Gasteiger partial charge is 0.265 e. The molecule has 8 aromatic carbocycles. The van der Waals surface area contributed by atoms with Crippen LogP contribution in [-0.2, 0) is 163 Å². The van der Waals surface area contributed by atoms with Gasteiger partial charge in [-0.15, -0.1) is 91.1 Å². The second-order valence-electron chi connectivity index (χ2n) is 40.4. The molecule has 19 rings (SSSR count). The molecule has 9 aliphatic rings. The number of nitrogens with zero attached hydrogens (tertiary/aromatic N) is 5. The molecule has 0 spiro atoms. The number of nitrogens with two attached hydrogens (primary N) is 1. The second-order valence-corrected chi connectivity index (χ2v) is 50.8. The fraction of sp³-hybridized carbons (Fsp3) is 0.388. The Balaban J connectivity index is 0.000000164. The van der Waals surface area contributed by atoms with Crippen LogP contribution >= 0.6 is 15.9 Å². The molecule has 3 radical (unpaired) electrons. The van der Waals surface area contributed by atoms with Gasteiger partial charge in [-0.2, -0.15) is 0 Å². The number of fused-ring (bicyclic) bond motifs is 14. The number of phenols is 1. The molecular weight excluding hydrogens is 2070 g/mol. The zero-order chi connectivity index (χ0) is 96.0. The minimum atomic E-state index is -2.85. The average molecular weight is 2170 g/mol. The number of hydrogen-bond donors (Lipinski definition) is 7. The van der Waals surface area contributed by atoms with Crippen molar-refractivity contribution in [2.75, 3.05) is 42.3 Å². The molecule has 0 unspecified atom stereocenters. The SMILES string of the molecule is CN(C)[C@@H]1C(=O)C(C(N)=O)=C(O)[C@@]2(O)C(=O)C3=C(O)c4c([c-]c5ccc(F)cc5c4O)C[C@H]3C[C@@H]12.Cc1c2c([c-]c3ccc(Br)cc13)C[C@H]1C[C@H]3[C@H](N(C)C)c4onc(OCc5ccccc5)c4C(=O)[C@@]3(O[Si](C)(C)C(C)(C)C)C(=O)C1=C2O.Cc1c2c([c-]c3ccc(F)cc13)C[C@H]1C[C@H]3[C@H](N(C)C)c4onc(OCc5ccccc5)c4C(=O)[C@@]3(O[Si](C)(C)C(C)(C)C)C(=O)C1=C2O.[Y].[Y].[Y]. The van der Waals surface area contributed by atoms with Gasteiger partial charge in [0.1, 0.15) is 47.3 Å². The van der Waals surface area contributed by atoms with Gasteiger partial charge in [0, 0.05) is 133 Å². The second kappa shape index (κ2) is 37.7. The van der Waals surface area contributed by atoms with Crippen molar-refractivity contribution in [3.63, 3.8) is 0 Å². The zero-order valence-corrected chi connectivity index (χ0v) is 91.1. The number of halogens is 3. The van der Waals surface area contributed by atoms with E-state index < -0.39 is 156 Å². The third-order valence-electron chi connectivity index (χ3n) is 29.9. The predicted molar refractivity (Wildman–Crippen MR) is 501 cm³/mol. The van der Waals surface area contributed by atoms with Crippen LogP contribution in [0.25, 0.3) is 49.6 Å². The van der Waals surface area contributed by atoms with Crippen molar-refractivity contribution in [2.45, 2.75) is 178 Å². The average Bonchev–Trinajstić information content (AvgIpc) is 1.23. The maximum absolute atomic E-state index is 15.5. The summed E-state index contributed by atoms with van der Waals surface area (Å²) in [7, 11) is 5.00. The summed E-state index contributed by atoms with van der Waals surface area (Å²) in [4.78, 5) is 106. The Morgan fingerprint density at radius 3 is 1.26 bits per heavy atom. The van der Waals surface area contributed by atoms with Crippen molar-refractivity contribution in [1.82, 2.24) is 25.0 Å². The van der Waals surface area contributed by atoms with Crippen LogP contribution in [0.4, 0.5) is 8.78 Å². The van der Waals surface area contributed by atoms with Gasteiger partial charge < -0.3 is 63.7 Å². The van der Waals surface area contributed by atoms with E-state index in [1.54, 1.807) is 6.07 Å². The molecule has 703 valence electrons. The first-order valence-electron chi connectivity index (χ1n) is 44.4. The number of aryl methyl sites for hydroxylation is 2. The van der Waals surface area contributed by atoms with Gasteiger partial charge in [-0.1, -0.05) is 185 Å². The van der Waals surface area contributed by atoms with E-state index in [-0.39, 0.29) is 202 Å². The van der Waals surface area contributed by atoms with E-state index in [0.717, 1.165) is 54.5 Å². The van der Waals surface area contributed by atoms with Gasteiger partial charge in [-0.05, 0) is 166 Å². The Bertz CT molecular complexity index is 6510. The van der Waals surface area contributed by atoms with Crippen LogP contribution in [0.1, 0.15) is 161 Å². The number of hydrogen-bond acceptors (Lipinski definition) is 24. The van der Waals surface area contributed by atoms with Gasteiger partial charge in [0.05, 0.1) is 41.2 Å². The van der Waals surface area contributed by atoms with Crippen molar-refractivity contribution in [2.24, 2.45) is 41.2 Å². The van der Waals surface area contributed by atoms with Crippen LogP contribution in [0.3, 0.4) is 0 Å². The summed E-state index contributed by atoms with van der Waals surface area (Å²) >= 11 is 3.58. The Morgan fingerprint density at radius 2 is 0.868 bits per heavy atom. The summed E-state index contributed by atoms with van der Waals surface area (Å²) in [5.41, 5.74) is 4.46. The maximum Gasteiger partial charge on any atom is 0.265 e. The number of rotatable bonds is 14. The number of amides is 1. The molecule has 136 heavy (non-hydrogen) atoms. The first-order chi connectivity index (χ1) is 62.5. The van der Waals surface area contributed by atoms with Crippen molar-refractivity contribution in [3.8, 4) is 17.5 Å². The molecule has 0 aliphatic heterocycles. The van der Waals surface area contributed by atoms with Gasteiger partial charge in [0.25, 0.3) is 17.7 Å². The number of aliphatic hydroxyl groups excluding tert-OH is 4. The van der Waals surface area contributed by atoms with E-state index in [2.05, 4.69) is 99.1 Å². The Kier molecular flexibility index (Phi) is 28.7. The Labute approximate surface area is 872 Å². The summed E-state index contributed by atoms with van der Waals surface area (Å²) in [6.07, 6.45) is 1.81. The molecule has 12 atom stereocenters. The quantitative estimate of drug-likeness (QED) is 0.0230. The number of carbonyl (C=O) groups excluding carboxylic acids is 7. The van der Waals surface area contributed by atoms with Crippen LogP contribution in [0.15, 0.2) is 157 Å². The van der Waals surface area contributed by atoms with E-state index >= 15 is 19.2 Å². The van der Waals surface area contributed by atoms with Gasteiger partial charge >= 0.3 is 0 Å². The van der Waals surface area contributed by atoms with Gasteiger partial charge in [0.15, 0.2) is 50.7 Å². The minimum absolute atomic E-state index is 0. The predicted octanol–water partition coefficient (Wildman–Crippen LogP) is 17.6. The van der Waals surface area contributed by atoms with Crippen LogP contribution < -0.4 is 15.2 Å². The molecule has 8 N–H and O–H groups in total. The number of aromatic hydroxyl groups is 1. The molecule has 0 bridgehead atoms. The summed E-state index contributed by atoms with van der Waals surface area (Å²) in [6.45, 7) is 24.7. The van der Waals surface area contributed by atoms with Crippen molar-refractivity contribution in [3.05, 3.63) is 256 Å². The van der Waals surface area contributed by atoms with E-state index in [4.69, 9.17) is 33.1 Å². The normalized spacial score (nSPS) is 24.4. The number of phenolic OH excluding ortho intramolecular Hbond substituents is 1. The fourth-order valence-electron chi connectivity index (χ4n) is 21.5. The number of primary amides is 1. The summed E-state index contributed by atoms with van der Waals surface area (Å²) < 4.78 is 67.7. The van der Waals surface area contributed by atoms with E-state index in [1.807, 2.05) is 144 Å². The molecule has 10 aromatic rings. The number of ketones is 6. The number of aliphatic hydroxyl groups is 5.